The van der Waals surface area contributed by atoms with E-state index >= 15 is 0 Å². The smallest absolute Gasteiger partial charge is 0.340 e. The minimum Gasteiger partial charge on any atom is -0.462 e. The fourth-order valence-corrected chi connectivity index (χ4v) is 1.79. The molecule has 0 saturated carbocycles. The highest BCUT2D eigenvalue weighted by Crippen LogP contribution is 2.18. The van der Waals surface area contributed by atoms with E-state index in [0.717, 1.165) is 0 Å². The predicted molar refractivity (Wildman–Crippen MR) is 64.0 cm³/mol. The van der Waals surface area contributed by atoms with E-state index in [1.807, 2.05) is 0 Å². The number of carbonyl (C=O) groups excluding carboxylic acids is 2. The van der Waals surface area contributed by atoms with Crippen LogP contribution < -0.4 is 0 Å². The lowest BCUT2D eigenvalue weighted by Gasteiger charge is -2.06. The Morgan fingerprint density at radius 1 is 1.50 bits per heavy atom. The van der Waals surface area contributed by atoms with Gasteiger partial charge in [-0.3, -0.25) is 4.79 Å². The number of Topliss-reactive ketones (excluding diaryl/α,β-unsaturated/α-hetero) is 1. The van der Waals surface area contributed by atoms with E-state index in [4.69, 9.17) is 16.3 Å². The van der Waals surface area contributed by atoms with Crippen molar-refractivity contribution in [2.24, 2.45) is 0 Å². The maximum Gasteiger partial charge on any atom is 0.340 e. The summed E-state index contributed by atoms with van der Waals surface area (Å²) in [6.45, 7) is 3.25. The Labute approximate surface area is 108 Å². The molecular weight excluding hydrogens is 258 g/mol. The second-order valence-electron chi connectivity index (χ2n) is 3.54. The second kappa shape index (κ2) is 4.73. The summed E-state index contributed by atoms with van der Waals surface area (Å²) < 4.78 is 6.22. The zero-order valence-corrected chi connectivity index (χ0v) is 10.6. The average molecular weight is 268 g/mol. The number of halogens is 1. The molecule has 0 spiro atoms. The lowest BCUT2D eigenvalue weighted by molar-refractivity contribution is 0.0522. The number of hydrogen-bond donors (Lipinski definition) is 0. The molecule has 0 unspecified atom stereocenters. The van der Waals surface area contributed by atoms with Crippen LogP contribution >= 0.6 is 11.6 Å². The van der Waals surface area contributed by atoms with Gasteiger partial charge in [-0.1, -0.05) is 11.6 Å². The van der Waals surface area contributed by atoms with Gasteiger partial charge in [0.15, 0.2) is 11.4 Å². The number of fused-ring (bicyclic) bond motifs is 1. The van der Waals surface area contributed by atoms with Crippen LogP contribution in [0.4, 0.5) is 0 Å². The van der Waals surface area contributed by atoms with Crippen LogP contribution in [0, 0.1) is 0 Å². The van der Waals surface area contributed by atoms with Crippen LogP contribution in [0.5, 0.6) is 0 Å². The molecule has 0 aliphatic heterocycles. The van der Waals surface area contributed by atoms with E-state index < -0.39 is 5.97 Å². The summed E-state index contributed by atoms with van der Waals surface area (Å²) >= 11 is 5.75. The molecule has 6 nitrogen and oxygen atoms in total. The third-order valence-electron chi connectivity index (χ3n) is 2.31. The van der Waals surface area contributed by atoms with E-state index in [2.05, 4.69) is 10.1 Å². The quantitative estimate of drug-likeness (QED) is 0.626. The van der Waals surface area contributed by atoms with Gasteiger partial charge in [-0.2, -0.15) is 5.10 Å². The van der Waals surface area contributed by atoms with Crippen molar-refractivity contribution in [3.05, 3.63) is 28.7 Å². The molecule has 94 valence electrons. The number of carbonyl (C=O) groups is 2. The van der Waals surface area contributed by atoms with Crippen molar-refractivity contribution in [3.8, 4) is 0 Å². The Morgan fingerprint density at radius 2 is 2.22 bits per heavy atom. The number of aromatic nitrogens is 3. The van der Waals surface area contributed by atoms with Crippen molar-refractivity contribution < 1.29 is 14.3 Å². The molecule has 0 fully saturated rings. The summed E-state index contributed by atoms with van der Waals surface area (Å²) in [7, 11) is 0. The average Bonchev–Trinajstić information content (AvgIpc) is 2.67. The molecule has 2 heterocycles. The fraction of sp³-hybridized carbons (Fsp3) is 0.273. The van der Waals surface area contributed by atoms with E-state index in [-0.39, 0.29) is 34.3 Å². The maximum atomic E-state index is 11.7. The zero-order chi connectivity index (χ0) is 13.3. The highest BCUT2D eigenvalue weighted by molar-refractivity contribution is 6.29. The van der Waals surface area contributed by atoms with E-state index in [1.165, 1.54) is 23.8 Å². The molecule has 0 radical (unpaired) electrons. The van der Waals surface area contributed by atoms with Crippen LogP contribution in [-0.4, -0.2) is 33.0 Å². The molecule has 0 amide bonds. The van der Waals surface area contributed by atoms with E-state index in [0.29, 0.717) is 0 Å². The molecule has 2 rings (SSSR count). The van der Waals surface area contributed by atoms with Crippen molar-refractivity contribution in [2.75, 3.05) is 6.61 Å². The lowest BCUT2D eigenvalue weighted by Crippen LogP contribution is -2.13. The van der Waals surface area contributed by atoms with Gasteiger partial charge in [0.25, 0.3) is 0 Å². The van der Waals surface area contributed by atoms with Gasteiger partial charge in [0.1, 0.15) is 5.15 Å². The highest BCUT2D eigenvalue weighted by atomic mass is 35.5. The number of rotatable bonds is 3. The van der Waals surface area contributed by atoms with Gasteiger partial charge in [0.05, 0.1) is 30.1 Å². The number of imidazole rings is 1. The fourth-order valence-electron chi connectivity index (χ4n) is 1.62. The van der Waals surface area contributed by atoms with Crippen LogP contribution in [0.15, 0.2) is 12.4 Å². The molecule has 2 aromatic rings. The molecule has 0 N–H and O–H groups in total. The minimum absolute atomic E-state index is 0.0964. The molecular formula is C11H10ClN3O3. The number of ketones is 1. The maximum absolute atomic E-state index is 11.7. The van der Waals surface area contributed by atoms with E-state index in [9.17, 15) is 9.59 Å². The van der Waals surface area contributed by atoms with Gasteiger partial charge in [-0.25, -0.2) is 14.3 Å². The molecule has 18 heavy (non-hydrogen) atoms. The monoisotopic (exact) mass is 267 g/mol. The number of esters is 1. The Hall–Kier alpha value is -1.95. The summed E-state index contributed by atoms with van der Waals surface area (Å²) in [6, 6.07) is 0. The first kappa shape index (κ1) is 12.5. The molecule has 0 aliphatic rings. The third kappa shape index (κ3) is 2.06. The van der Waals surface area contributed by atoms with Crippen LogP contribution in [0.25, 0.3) is 5.65 Å². The summed E-state index contributed by atoms with van der Waals surface area (Å²) in [4.78, 5) is 27.4. The molecule has 0 bridgehead atoms. The molecule has 0 aliphatic carbocycles. The number of hydrogen-bond acceptors (Lipinski definition) is 5. The molecule has 2 aromatic heterocycles. The van der Waals surface area contributed by atoms with Gasteiger partial charge in [0.2, 0.25) is 0 Å². The molecule has 7 heteroatoms. The van der Waals surface area contributed by atoms with Crippen molar-refractivity contribution in [1.82, 2.24) is 14.6 Å². The van der Waals surface area contributed by atoms with Crippen LogP contribution in [0.3, 0.4) is 0 Å². The Balaban J connectivity index is 2.70. The normalized spacial score (nSPS) is 10.6. The summed E-state index contributed by atoms with van der Waals surface area (Å²) in [5, 5.41) is 4.17. The van der Waals surface area contributed by atoms with Crippen molar-refractivity contribution in [2.45, 2.75) is 13.8 Å². The van der Waals surface area contributed by atoms with Gasteiger partial charge >= 0.3 is 5.97 Å². The van der Waals surface area contributed by atoms with E-state index in [1.54, 1.807) is 6.92 Å². The summed E-state index contributed by atoms with van der Waals surface area (Å²) in [5.41, 5.74) is 0.507. The lowest BCUT2D eigenvalue weighted by atomic mass is 10.1. The largest absolute Gasteiger partial charge is 0.462 e. The van der Waals surface area contributed by atoms with Crippen LogP contribution in [0.2, 0.25) is 5.15 Å². The number of ether oxygens (including phenoxy) is 1. The Kier molecular flexibility index (Phi) is 3.29. The van der Waals surface area contributed by atoms with Crippen LogP contribution in [-0.2, 0) is 4.74 Å². The second-order valence-corrected chi connectivity index (χ2v) is 3.93. The first-order valence-corrected chi connectivity index (χ1v) is 5.64. The van der Waals surface area contributed by atoms with Crippen molar-refractivity contribution in [3.63, 3.8) is 0 Å². The Bertz CT molecular complexity index is 636. The predicted octanol–water partition coefficient (Wildman–Crippen LogP) is 1.76. The molecule has 0 aromatic carbocycles. The summed E-state index contributed by atoms with van der Waals surface area (Å²) in [5.74, 6) is -0.899. The van der Waals surface area contributed by atoms with Gasteiger partial charge in [-0.05, 0) is 13.8 Å². The topological polar surface area (TPSA) is 73.6 Å². The van der Waals surface area contributed by atoms with Crippen LogP contribution in [0.1, 0.15) is 34.6 Å². The number of nitrogens with zero attached hydrogens (tertiary/aromatic N) is 3. The van der Waals surface area contributed by atoms with Crippen molar-refractivity contribution >= 4 is 29.0 Å². The minimum atomic E-state index is -0.600. The Morgan fingerprint density at radius 3 is 2.83 bits per heavy atom. The van der Waals surface area contributed by atoms with Gasteiger partial charge in [-0.15, -0.1) is 0 Å². The standard InChI is InChI=1S/C11H10ClN3O3/c1-3-18-11(17)7-4-13-15-5-8(12)14-10(15)9(7)6(2)16/h4-5H,3H2,1-2H3. The zero-order valence-electron chi connectivity index (χ0n) is 9.81. The third-order valence-corrected chi connectivity index (χ3v) is 2.49. The first-order chi connectivity index (χ1) is 8.54. The van der Waals surface area contributed by atoms with Crippen molar-refractivity contribution in [1.29, 1.82) is 0 Å². The van der Waals surface area contributed by atoms with Gasteiger partial charge in [0, 0.05) is 0 Å². The SMILES string of the molecule is CCOC(=O)c1cnn2cc(Cl)nc2c1C(C)=O. The summed E-state index contributed by atoms with van der Waals surface area (Å²) in [6.07, 6.45) is 2.73. The highest BCUT2D eigenvalue weighted by Gasteiger charge is 2.21. The molecule has 0 saturated heterocycles. The first-order valence-electron chi connectivity index (χ1n) is 5.26. The van der Waals surface area contributed by atoms with Gasteiger partial charge < -0.3 is 4.74 Å². The molecule has 0 atom stereocenters.